The number of anilines is 1. The summed E-state index contributed by atoms with van der Waals surface area (Å²) in [6.07, 6.45) is 0.139. The van der Waals surface area contributed by atoms with Gasteiger partial charge in [-0.15, -0.1) is 0 Å². The Balaban J connectivity index is 2.24. The third-order valence-electron chi connectivity index (χ3n) is 3.40. The summed E-state index contributed by atoms with van der Waals surface area (Å²) >= 11 is 5.94. The summed E-state index contributed by atoms with van der Waals surface area (Å²) in [7, 11) is 0. The maximum atomic E-state index is 12.4. The van der Waals surface area contributed by atoms with Crippen molar-refractivity contribution in [2.24, 2.45) is 0 Å². The second-order valence-electron chi connectivity index (χ2n) is 6.33. The van der Waals surface area contributed by atoms with E-state index in [1.54, 1.807) is 6.07 Å². The summed E-state index contributed by atoms with van der Waals surface area (Å²) in [6, 6.07) is 1.61. The first kappa shape index (κ1) is 20.1. The Kier molecular flexibility index (Phi) is 6.16. The van der Waals surface area contributed by atoms with Gasteiger partial charge in [-0.05, 0) is 26.3 Å². The van der Waals surface area contributed by atoms with Crippen molar-refractivity contribution in [2.45, 2.75) is 38.5 Å². The molecule has 0 radical (unpaired) electrons. The fourth-order valence-electron chi connectivity index (χ4n) is 2.18. The molecule has 2 aromatic rings. The molecule has 0 fully saturated rings. The first-order chi connectivity index (χ1) is 12.1. The third-order valence-corrected chi connectivity index (χ3v) is 3.60. The molecule has 0 atom stereocenters. The van der Waals surface area contributed by atoms with Crippen LogP contribution in [0, 0.1) is 11.8 Å². The highest BCUT2D eigenvalue weighted by Gasteiger charge is 2.28. The van der Waals surface area contributed by atoms with Gasteiger partial charge < -0.3 is 10.4 Å². The van der Waals surface area contributed by atoms with Crippen molar-refractivity contribution < 1.29 is 18.3 Å². The molecule has 2 N–H and O–H groups in total. The Morgan fingerprint density at radius 2 is 2.00 bits per heavy atom. The van der Waals surface area contributed by atoms with Gasteiger partial charge >= 0.3 is 6.18 Å². The summed E-state index contributed by atoms with van der Waals surface area (Å²) in [5, 5.41) is 16.3. The SMILES string of the molecule is CC(C)(CCO)Nc1cc(Cl)ncc1C#Cc1cnn(CC(F)(F)F)c1. The Hall–Kier alpha value is -2.24. The van der Waals surface area contributed by atoms with Crippen molar-refractivity contribution in [1.29, 1.82) is 0 Å². The number of rotatable bonds is 5. The van der Waals surface area contributed by atoms with Gasteiger partial charge in [0.05, 0.1) is 23.0 Å². The van der Waals surface area contributed by atoms with Crippen LogP contribution in [-0.4, -0.2) is 38.2 Å². The highest BCUT2D eigenvalue weighted by molar-refractivity contribution is 6.29. The maximum Gasteiger partial charge on any atom is 0.408 e. The number of alkyl halides is 3. The molecule has 0 aliphatic rings. The Labute approximate surface area is 154 Å². The van der Waals surface area contributed by atoms with Crippen molar-refractivity contribution in [3.8, 4) is 11.8 Å². The van der Waals surface area contributed by atoms with Crippen LogP contribution in [0.3, 0.4) is 0 Å². The minimum atomic E-state index is -4.34. The highest BCUT2D eigenvalue weighted by Crippen LogP contribution is 2.23. The minimum absolute atomic E-state index is 0.0121. The fourth-order valence-corrected chi connectivity index (χ4v) is 2.34. The van der Waals surface area contributed by atoms with E-state index >= 15 is 0 Å². The van der Waals surface area contributed by atoms with Crippen LogP contribution >= 0.6 is 11.6 Å². The number of hydrogen-bond acceptors (Lipinski definition) is 4. The van der Waals surface area contributed by atoms with Crippen LogP contribution < -0.4 is 5.32 Å². The quantitative estimate of drug-likeness (QED) is 0.610. The molecule has 0 aliphatic heterocycles. The zero-order valence-corrected chi connectivity index (χ0v) is 15.0. The van der Waals surface area contributed by atoms with Crippen LogP contribution in [0.5, 0.6) is 0 Å². The van der Waals surface area contributed by atoms with Gasteiger partial charge in [0.25, 0.3) is 0 Å². The maximum absolute atomic E-state index is 12.4. The molecule has 26 heavy (non-hydrogen) atoms. The number of hydrogen-bond donors (Lipinski definition) is 2. The molecule has 0 saturated carbocycles. The molecule has 0 aromatic carbocycles. The van der Waals surface area contributed by atoms with Crippen molar-refractivity contribution in [1.82, 2.24) is 14.8 Å². The molecule has 0 saturated heterocycles. The minimum Gasteiger partial charge on any atom is -0.396 e. The molecule has 140 valence electrons. The number of pyridine rings is 1. The van der Waals surface area contributed by atoms with Crippen molar-refractivity contribution in [3.05, 3.63) is 40.9 Å². The van der Waals surface area contributed by atoms with Crippen LogP contribution in [0.15, 0.2) is 24.7 Å². The molecule has 5 nitrogen and oxygen atoms in total. The van der Waals surface area contributed by atoms with E-state index in [1.165, 1.54) is 18.6 Å². The lowest BCUT2D eigenvalue weighted by Gasteiger charge is -2.27. The third kappa shape index (κ3) is 6.24. The van der Waals surface area contributed by atoms with E-state index < -0.39 is 18.3 Å². The summed E-state index contributed by atoms with van der Waals surface area (Å²) < 4.78 is 37.9. The molecule has 9 heteroatoms. The fraction of sp³-hybridized carbons (Fsp3) is 0.412. The molecule has 0 bridgehead atoms. The lowest BCUT2D eigenvalue weighted by atomic mass is 10.0. The van der Waals surface area contributed by atoms with Gasteiger partial charge in [-0.2, -0.15) is 18.3 Å². The van der Waals surface area contributed by atoms with E-state index in [1.807, 2.05) is 13.8 Å². The second-order valence-corrected chi connectivity index (χ2v) is 6.71. The number of nitrogens with zero attached hydrogens (tertiary/aromatic N) is 3. The number of aliphatic hydroxyl groups is 1. The average molecular weight is 387 g/mol. The lowest BCUT2D eigenvalue weighted by Crippen LogP contribution is -2.32. The van der Waals surface area contributed by atoms with Gasteiger partial charge in [0.2, 0.25) is 0 Å². The Morgan fingerprint density at radius 3 is 2.65 bits per heavy atom. The van der Waals surface area contributed by atoms with Crippen molar-refractivity contribution in [3.63, 3.8) is 0 Å². The molecule has 0 aliphatic carbocycles. The van der Waals surface area contributed by atoms with Crippen LogP contribution in [-0.2, 0) is 6.54 Å². The van der Waals surface area contributed by atoms with E-state index in [-0.39, 0.29) is 11.8 Å². The normalized spacial score (nSPS) is 11.8. The van der Waals surface area contributed by atoms with Crippen LogP contribution in [0.1, 0.15) is 31.4 Å². The zero-order valence-electron chi connectivity index (χ0n) is 14.2. The second kappa shape index (κ2) is 7.98. The molecule has 0 unspecified atom stereocenters. The summed E-state index contributed by atoms with van der Waals surface area (Å²) in [6.45, 7) is 2.67. The van der Waals surface area contributed by atoms with E-state index in [0.29, 0.717) is 23.2 Å². The Morgan fingerprint density at radius 1 is 1.27 bits per heavy atom. The van der Waals surface area contributed by atoms with E-state index in [2.05, 4.69) is 27.2 Å². The standard InChI is InChI=1S/C17H18ClF3N4O/c1-16(2,5-6-26)24-14-7-15(18)22-9-13(14)4-3-12-8-23-25(10-12)11-17(19,20)21/h7-10,26H,5-6,11H2,1-2H3,(H,22,24). The number of aromatic nitrogens is 3. The Bertz CT molecular complexity index is 821. The predicted octanol–water partition coefficient (Wildman–Crippen LogP) is 3.47. The smallest absolute Gasteiger partial charge is 0.396 e. The molecular weight excluding hydrogens is 369 g/mol. The zero-order chi connectivity index (χ0) is 19.4. The molecular formula is C17H18ClF3N4O. The first-order valence-electron chi connectivity index (χ1n) is 7.74. The largest absolute Gasteiger partial charge is 0.408 e. The number of nitrogens with one attached hydrogen (secondary N) is 1. The van der Waals surface area contributed by atoms with E-state index in [4.69, 9.17) is 16.7 Å². The van der Waals surface area contributed by atoms with Gasteiger partial charge in [0, 0.05) is 24.5 Å². The number of halogens is 4. The molecule has 2 aromatic heterocycles. The summed E-state index contributed by atoms with van der Waals surface area (Å²) in [5.41, 5.74) is 1.10. The average Bonchev–Trinajstić information content (AvgIpc) is 2.91. The predicted molar refractivity (Wildman–Crippen MR) is 92.9 cm³/mol. The van der Waals surface area contributed by atoms with Crippen molar-refractivity contribution in [2.75, 3.05) is 11.9 Å². The van der Waals surface area contributed by atoms with Gasteiger partial charge in [-0.25, -0.2) is 4.98 Å². The van der Waals surface area contributed by atoms with Crippen LogP contribution in [0.4, 0.5) is 18.9 Å². The van der Waals surface area contributed by atoms with E-state index in [0.717, 1.165) is 4.68 Å². The number of aliphatic hydroxyl groups excluding tert-OH is 1. The van der Waals surface area contributed by atoms with E-state index in [9.17, 15) is 13.2 Å². The molecule has 0 spiro atoms. The summed E-state index contributed by atoms with van der Waals surface area (Å²) in [4.78, 5) is 3.99. The van der Waals surface area contributed by atoms with Gasteiger partial charge in [0.15, 0.2) is 0 Å². The van der Waals surface area contributed by atoms with Crippen LogP contribution in [0.25, 0.3) is 0 Å². The highest BCUT2D eigenvalue weighted by atomic mass is 35.5. The van der Waals surface area contributed by atoms with Crippen molar-refractivity contribution >= 4 is 17.3 Å². The molecule has 2 rings (SSSR count). The van der Waals surface area contributed by atoms with Gasteiger partial charge in [-0.1, -0.05) is 23.4 Å². The topological polar surface area (TPSA) is 63.0 Å². The van der Waals surface area contributed by atoms with Crippen LogP contribution in [0.2, 0.25) is 5.15 Å². The van der Waals surface area contributed by atoms with Gasteiger partial charge in [-0.3, -0.25) is 4.68 Å². The van der Waals surface area contributed by atoms with Gasteiger partial charge in [0.1, 0.15) is 11.7 Å². The molecule has 0 amide bonds. The lowest BCUT2D eigenvalue weighted by molar-refractivity contribution is -0.142. The first-order valence-corrected chi connectivity index (χ1v) is 8.12. The monoisotopic (exact) mass is 386 g/mol. The summed E-state index contributed by atoms with van der Waals surface area (Å²) in [5.74, 6) is 5.64. The molecule has 2 heterocycles.